The van der Waals surface area contributed by atoms with E-state index in [-0.39, 0.29) is 18.4 Å². The summed E-state index contributed by atoms with van der Waals surface area (Å²) in [5.41, 5.74) is 0. The summed E-state index contributed by atoms with van der Waals surface area (Å²) in [4.78, 5) is 24.2. The standard InChI is InChI=1S/C13H25NO3/c1-5-6-11(4)9-12(15)14(10(2)3)8-7-13(16)17/h10-11H,5-9H2,1-4H3,(H,16,17). The lowest BCUT2D eigenvalue weighted by atomic mass is 10.0. The van der Waals surface area contributed by atoms with Gasteiger partial charge in [-0.1, -0.05) is 26.7 Å². The zero-order chi connectivity index (χ0) is 13.4. The minimum Gasteiger partial charge on any atom is -0.481 e. The molecule has 0 fully saturated rings. The first-order valence-electron chi connectivity index (χ1n) is 6.39. The van der Waals surface area contributed by atoms with Gasteiger partial charge in [0.05, 0.1) is 6.42 Å². The highest BCUT2D eigenvalue weighted by Crippen LogP contribution is 2.13. The third-order valence-corrected chi connectivity index (χ3v) is 2.81. The molecule has 0 rings (SSSR count). The topological polar surface area (TPSA) is 57.6 Å². The lowest BCUT2D eigenvalue weighted by molar-refractivity contribution is -0.139. The molecule has 0 aromatic rings. The van der Waals surface area contributed by atoms with E-state index in [0.29, 0.717) is 18.9 Å². The summed E-state index contributed by atoms with van der Waals surface area (Å²) < 4.78 is 0. The van der Waals surface area contributed by atoms with Crippen LogP contribution in [-0.4, -0.2) is 34.5 Å². The van der Waals surface area contributed by atoms with Crippen molar-refractivity contribution in [3.05, 3.63) is 0 Å². The Kier molecular flexibility index (Phi) is 7.59. The average Bonchev–Trinajstić information content (AvgIpc) is 2.16. The minimum atomic E-state index is -0.856. The monoisotopic (exact) mass is 243 g/mol. The van der Waals surface area contributed by atoms with Crippen LogP contribution in [0.5, 0.6) is 0 Å². The number of hydrogen-bond donors (Lipinski definition) is 1. The highest BCUT2D eigenvalue weighted by molar-refractivity contribution is 5.77. The second-order valence-electron chi connectivity index (χ2n) is 4.92. The molecule has 0 aromatic heterocycles. The van der Waals surface area contributed by atoms with Gasteiger partial charge in [0.25, 0.3) is 0 Å². The number of carbonyl (C=O) groups is 2. The fourth-order valence-corrected chi connectivity index (χ4v) is 1.90. The van der Waals surface area contributed by atoms with E-state index in [1.165, 1.54) is 0 Å². The lowest BCUT2D eigenvalue weighted by Gasteiger charge is -2.27. The molecule has 0 saturated carbocycles. The summed E-state index contributed by atoms with van der Waals surface area (Å²) in [6.45, 7) is 8.32. The van der Waals surface area contributed by atoms with Crippen molar-refractivity contribution in [2.45, 2.75) is 59.4 Å². The number of hydrogen-bond acceptors (Lipinski definition) is 2. The first kappa shape index (κ1) is 15.9. The van der Waals surface area contributed by atoms with Crippen LogP contribution in [0.1, 0.15) is 53.4 Å². The molecule has 0 saturated heterocycles. The van der Waals surface area contributed by atoms with Crippen molar-refractivity contribution in [2.75, 3.05) is 6.54 Å². The van der Waals surface area contributed by atoms with Crippen LogP contribution in [0, 0.1) is 5.92 Å². The third kappa shape index (κ3) is 6.97. The predicted octanol–water partition coefficient (Wildman–Crippen LogP) is 2.52. The molecule has 0 aliphatic heterocycles. The number of amides is 1. The Labute approximate surface area is 104 Å². The third-order valence-electron chi connectivity index (χ3n) is 2.81. The van der Waals surface area contributed by atoms with Crippen LogP contribution < -0.4 is 0 Å². The number of carbonyl (C=O) groups excluding carboxylic acids is 1. The molecule has 0 bridgehead atoms. The molecule has 0 aromatic carbocycles. The molecule has 1 amide bonds. The lowest BCUT2D eigenvalue weighted by Crippen LogP contribution is -2.39. The van der Waals surface area contributed by atoms with Gasteiger partial charge in [-0.05, 0) is 19.8 Å². The van der Waals surface area contributed by atoms with E-state index in [0.717, 1.165) is 12.8 Å². The van der Waals surface area contributed by atoms with E-state index in [1.807, 2.05) is 13.8 Å². The van der Waals surface area contributed by atoms with Crippen LogP contribution in [0.3, 0.4) is 0 Å². The number of rotatable bonds is 8. The molecule has 4 nitrogen and oxygen atoms in total. The van der Waals surface area contributed by atoms with Gasteiger partial charge in [-0.2, -0.15) is 0 Å². The second kappa shape index (κ2) is 8.09. The van der Waals surface area contributed by atoms with Crippen molar-refractivity contribution in [1.29, 1.82) is 0 Å². The van der Waals surface area contributed by atoms with E-state index in [1.54, 1.807) is 4.90 Å². The molecular formula is C13H25NO3. The molecule has 0 aliphatic rings. The van der Waals surface area contributed by atoms with Crippen LogP contribution in [0.2, 0.25) is 0 Å². The number of nitrogens with zero attached hydrogens (tertiary/aromatic N) is 1. The number of carboxylic acid groups (broad SMARTS) is 1. The Morgan fingerprint density at radius 3 is 2.24 bits per heavy atom. The molecule has 0 radical (unpaired) electrons. The summed E-state index contributed by atoms with van der Waals surface area (Å²) in [5, 5.41) is 8.65. The highest BCUT2D eigenvalue weighted by Gasteiger charge is 2.19. The van der Waals surface area contributed by atoms with Crippen molar-refractivity contribution in [3.63, 3.8) is 0 Å². The van der Waals surface area contributed by atoms with Gasteiger partial charge >= 0.3 is 5.97 Å². The molecule has 1 atom stereocenters. The maximum atomic E-state index is 12.0. The van der Waals surface area contributed by atoms with Gasteiger partial charge < -0.3 is 10.0 Å². The van der Waals surface area contributed by atoms with Crippen LogP contribution in [0.15, 0.2) is 0 Å². The molecule has 17 heavy (non-hydrogen) atoms. The normalized spacial score (nSPS) is 12.5. The van der Waals surface area contributed by atoms with Gasteiger partial charge in [-0.3, -0.25) is 9.59 Å². The SMILES string of the molecule is CCCC(C)CC(=O)N(CCC(=O)O)C(C)C. The Balaban J connectivity index is 4.29. The first-order chi connectivity index (χ1) is 7.88. The molecule has 0 heterocycles. The molecule has 4 heteroatoms. The van der Waals surface area contributed by atoms with Crippen LogP contribution in [0.25, 0.3) is 0 Å². The van der Waals surface area contributed by atoms with Crippen LogP contribution >= 0.6 is 0 Å². The van der Waals surface area contributed by atoms with Gasteiger partial charge in [-0.15, -0.1) is 0 Å². The second-order valence-corrected chi connectivity index (χ2v) is 4.92. The van der Waals surface area contributed by atoms with Gasteiger partial charge in [0.2, 0.25) is 5.91 Å². The van der Waals surface area contributed by atoms with E-state index < -0.39 is 5.97 Å². The van der Waals surface area contributed by atoms with Gasteiger partial charge in [0, 0.05) is 19.0 Å². The van der Waals surface area contributed by atoms with E-state index in [4.69, 9.17) is 5.11 Å². The fraction of sp³-hybridized carbons (Fsp3) is 0.846. The maximum Gasteiger partial charge on any atom is 0.305 e. The zero-order valence-electron chi connectivity index (χ0n) is 11.4. The smallest absolute Gasteiger partial charge is 0.305 e. The fourth-order valence-electron chi connectivity index (χ4n) is 1.90. The Morgan fingerprint density at radius 1 is 1.24 bits per heavy atom. The van der Waals surface area contributed by atoms with E-state index in [9.17, 15) is 9.59 Å². The van der Waals surface area contributed by atoms with Gasteiger partial charge in [0.15, 0.2) is 0 Å². The Bertz CT molecular complexity index is 251. The summed E-state index contributed by atoms with van der Waals surface area (Å²) in [6, 6.07) is 0.0654. The largest absolute Gasteiger partial charge is 0.481 e. The molecular weight excluding hydrogens is 218 g/mol. The summed E-state index contributed by atoms with van der Waals surface area (Å²) in [5.74, 6) is -0.411. The zero-order valence-corrected chi connectivity index (χ0v) is 11.4. The molecule has 1 N–H and O–H groups in total. The van der Waals surface area contributed by atoms with E-state index >= 15 is 0 Å². The quantitative estimate of drug-likeness (QED) is 0.712. The first-order valence-corrected chi connectivity index (χ1v) is 6.39. The van der Waals surface area contributed by atoms with E-state index in [2.05, 4.69) is 13.8 Å². The maximum absolute atomic E-state index is 12.0. The summed E-state index contributed by atoms with van der Waals surface area (Å²) in [6.07, 6.45) is 2.65. The van der Waals surface area contributed by atoms with Crippen molar-refractivity contribution >= 4 is 11.9 Å². The molecule has 100 valence electrons. The van der Waals surface area contributed by atoms with Crippen molar-refractivity contribution in [2.24, 2.45) is 5.92 Å². The summed E-state index contributed by atoms with van der Waals surface area (Å²) in [7, 11) is 0. The molecule has 0 spiro atoms. The molecule has 1 unspecified atom stereocenters. The van der Waals surface area contributed by atoms with Crippen molar-refractivity contribution in [1.82, 2.24) is 4.90 Å². The summed E-state index contributed by atoms with van der Waals surface area (Å²) >= 11 is 0. The minimum absolute atomic E-state index is 0.0199. The highest BCUT2D eigenvalue weighted by atomic mass is 16.4. The van der Waals surface area contributed by atoms with Gasteiger partial charge in [-0.25, -0.2) is 0 Å². The van der Waals surface area contributed by atoms with Crippen LogP contribution in [-0.2, 0) is 9.59 Å². The van der Waals surface area contributed by atoms with Gasteiger partial charge in [0.1, 0.15) is 0 Å². The van der Waals surface area contributed by atoms with Crippen molar-refractivity contribution in [3.8, 4) is 0 Å². The van der Waals surface area contributed by atoms with Crippen LogP contribution in [0.4, 0.5) is 0 Å². The molecule has 0 aliphatic carbocycles. The average molecular weight is 243 g/mol. The predicted molar refractivity (Wildman–Crippen MR) is 67.8 cm³/mol. The van der Waals surface area contributed by atoms with Crippen molar-refractivity contribution < 1.29 is 14.7 Å². The Hall–Kier alpha value is -1.06. The number of carboxylic acids is 1. The number of aliphatic carboxylic acids is 1. The Morgan fingerprint density at radius 2 is 1.82 bits per heavy atom.